The Morgan fingerprint density at radius 1 is 1.17 bits per heavy atom. The number of urea groups is 1. The first-order valence-electron chi connectivity index (χ1n) is 7.95. The number of likely N-dealkylation sites (tertiary alicyclic amines) is 1. The number of benzene rings is 2. The van der Waals surface area contributed by atoms with E-state index in [4.69, 9.17) is 11.6 Å². The molecule has 0 aromatic heterocycles. The monoisotopic (exact) mass is 328 g/mol. The van der Waals surface area contributed by atoms with Gasteiger partial charge in [-0.25, -0.2) is 4.79 Å². The number of carbonyl (C=O) groups excluding carboxylic acids is 1. The third kappa shape index (κ3) is 3.35. The largest absolute Gasteiger partial charge is 0.322 e. The first-order chi connectivity index (χ1) is 11.1. The number of nitrogens with one attached hydrogen (secondary N) is 1. The summed E-state index contributed by atoms with van der Waals surface area (Å²) in [5, 5.41) is 3.64. The van der Waals surface area contributed by atoms with Gasteiger partial charge in [0, 0.05) is 17.3 Å². The zero-order chi connectivity index (χ0) is 16.4. The molecule has 1 aliphatic rings. The van der Waals surface area contributed by atoms with Crippen LogP contribution in [-0.4, -0.2) is 17.5 Å². The molecule has 23 heavy (non-hydrogen) atoms. The van der Waals surface area contributed by atoms with E-state index < -0.39 is 0 Å². The van der Waals surface area contributed by atoms with Gasteiger partial charge in [0.2, 0.25) is 0 Å². The standard InChI is InChI=1S/C19H21ClN2O/c1-13-6-3-4-7-16(13)18-8-5-11-22(18)19(23)21-15-10-9-14(2)17(20)12-15/h3-4,6-7,9-10,12,18H,5,8,11H2,1-2H3,(H,21,23)/t18-/m1/s1. The molecule has 0 unspecified atom stereocenters. The van der Waals surface area contributed by atoms with Gasteiger partial charge in [0.15, 0.2) is 0 Å². The van der Waals surface area contributed by atoms with E-state index in [2.05, 4.69) is 24.4 Å². The fraction of sp³-hybridized carbons (Fsp3) is 0.316. The molecule has 0 aliphatic carbocycles. The van der Waals surface area contributed by atoms with Crippen molar-refractivity contribution < 1.29 is 4.79 Å². The molecule has 3 nitrogen and oxygen atoms in total. The smallest absolute Gasteiger partial charge is 0.317 e. The fourth-order valence-electron chi connectivity index (χ4n) is 3.16. The van der Waals surface area contributed by atoms with Crippen LogP contribution in [-0.2, 0) is 0 Å². The van der Waals surface area contributed by atoms with E-state index in [0.717, 1.165) is 30.6 Å². The lowest BCUT2D eigenvalue weighted by Crippen LogP contribution is -2.34. The Morgan fingerprint density at radius 3 is 2.70 bits per heavy atom. The van der Waals surface area contributed by atoms with Crippen molar-refractivity contribution in [2.75, 3.05) is 11.9 Å². The van der Waals surface area contributed by atoms with Crippen molar-refractivity contribution in [1.82, 2.24) is 4.90 Å². The van der Waals surface area contributed by atoms with Crippen molar-refractivity contribution in [1.29, 1.82) is 0 Å². The fourth-order valence-corrected chi connectivity index (χ4v) is 3.34. The van der Waals surface area contributed by atoms with Crippen LogP contribution in [0.25, 0.3) is 0 Å². The van der Waals surface area contributed by atoms with E-state index in [0.29, 0.717) is 5.02 Å². The highest BCUT2D eigenvalue weighted by Gasteiger charge is 2.30. The quantitative estimate of drug-likeness (QED) is 0.794. The molecule has 2 aromatic carbocycles. The zero-order valence-electron chi connectivity index (χ0n) is 13.5. The number of amides is 2. The summed E-state index contributed by atoms with van der Waals surface area (Å²) in [7, 11) is 0. The molecule has 0 saturated carbocycles. The number of nitrogens with zero attached hydrogens (tertiary/aromatic N) is 1. The van der Waals surface area contributed by atoms with Crippen LogP contribution in [0.4, 0.5) is 10.5 Å². The van der Waals surface area contributed by atoms with Gasteiger partial charge in [-0.3, -0.25) is 0 Å². The van der Waals surface area contributed by atoms with Crippen LogP contribution in [0.2, 0.25) is 5.02 Å². The molecule has 1 fully saturated rings. The van der Waals surface area contributed by atoms with Crippen LogP contribution in [0.5, 0.6) is 0 Å². The van der Waals surface area contributed by atoms with Crippen LogP contribution in [0.3, 0.4) is 0 Å². The molecular formula is C19H21ClN2O. The SMILES string of the molecule is Cc1ccc(NC(=O)N2CCC[C@@H]2c2ccccc2C)cc1Cl. The molecule has 4 heteroatoms. The maximum Gasteiger partial charge on any atom is 0.322 e. The van der Waals surface area contributed by atoms with Gasteiger partial charge in [-0.15, -0.1) is 0 Å². The number of halogens is 1. The second kappa shape index (κ2) is 6.63. The van der Waals surface area contributed by atoms with Crippen LogP contribution in [0.15, 0.2) is 42.5 Å². The Hall–Kier alpha value is -2.00. The number of rotatable bonds is 2. The van der Waals surface area contributed by atoms with Crippen molar-refractivity contribution in [3.63, 3.8) is 0 Å². The van der Waals surface area contributed by atoms with Gasteiger partial charge in [0.25, 0.3) is 0 Å². The molecule has 1 atom stereocenters. The number of anilines is 1. The van der Waals surface area contributed by atoms with E-state index in [1.54, 1.807) is 6.07 Å². The molecule has 3 rings (SSSR count). The van der Waals surface area contributed by atoms with Crippen molar-refractivity contribution >= 4 is 23.3 Å². The van der Waals surface area contributed by atoms with E-state index in [9.17, 15) is 4.79 Å². The second-order valence-corrected chi connectivity index (χ2v) is 6.51. The summed E-state index contributed by atoms with van der Waals surface area (Å²) < 4.78 is 0. The van der Waals surface area contributed by atoms with E-state index in [1.165, 1.54) is 11.1 Å². The molecule has 0 spiro atoms. The maximum absolute atomic E-state index is 12.7. The van der Waals surface area contributed by atoms with Crippen LogP contribution < -0.4 is 5.32 Å². The lowest BCUT2D eigenvalue weighted by Gasteiger charge is -2.26. The highest BCUT2D eigenvalue weighted by Crippen LogP contribution is 2.34. The number of carbonyl (C=O) groups is 1. The van der Waals surface area contributed by atoms with Crippen LogP contribution in [0.1, 0.15) is 35.6 Å². The minimum Gasteiger partial charge on any atom is -0.317 e. The third-order valence-corrected chi connectivity index (χ3v) is 4.89. The Kier molecular flexibility index (Phi) is 4.58. The first-order valence-corrected chi connectivity index (χ1v) is 8.33. The molecule has 1 saturated heterocycles. The average molecular weight is 329 g/mol. The lowest BCUT2D eigenvalue weighted by molar-refractivity contribution is 0.207. The number of hydrogen-bond donors (Lipinski definition) is 1. The zero-order valence-corrected chi connectivity index (χ0v) is 14.2. The molecule has 1 N–H and O–H groups in total. The highest BCUT2D eigenvalue weighted by atomic mass is 35.5. The van der Waals surface area contributed by atoms with Gasteiger partial charge in [-0.1, -0.05) is 41.9 Å². The minimum absolute atomic E-state index is 0.0596. The molecule has 1 heterocycles. The van der Waals surface area contributed by atoms with Gasteiger partial charge in [-0.2, -0.15) is 0 Å². The van der Waals surface area contributed by atoms with Gasteiger partial charge < -0.3 is 10.2 Å². The summed E-state index contributed by atoms with van der Waals surface area (Å²) in [5.41, 5.74) is 4.21. The summed E-state index contributed by atoms with van der Waals surface area (Å²) in [4.78, 5) is 14.6. The number of hydrogen-bond acceptors (Lipinski definition) is 1. The maximum atomic E-state index is 12.7. The summed E-state index contributed by atoms with van der Waals surface area (Å²) >= 11 is 6.14. The highest BCUT2D eigenvalue weighted by molar-refractivity contribution is 6.31. The van der Waals surface area contributed by atoms with Crippen molar-refractivity contribution in [3.8, 4) is 0 Å². The van der Waals surface area contributed by atoms with Gasteiger partial charge in [-0.05, 0) is 55.5 Å². The van der Waals surface area contributed by atoms with E-state index in [1.807, 2.05) is 36.1 Å². The average Bonchev–Trinajstić information content (AvgIpc) is 3.01. The van der Waals surface area contributed by atoms with Gasteiger partial charge in [0.05, 0.1) is 6.04 Å². The Balaban J connectivity index is 1.78. The normalized spacial score (nSPS) is 17.3. The summed E-state index contributed by atoms with van der Waals surface area (Å²) in [6.45, 7) is 4.83. The van der Waals surface area contributed by atoms with Crippen molar-refractivity contribution in [2.45, 2.75) is 32.7 Å². The van der Waals surface area contributed by atoms with E-state index in [-0.39, 0.29) is 12.1 Å². The predicted octanol–water partition coefficient (Wildman–Crippen LogP) is 5.33. The second-order valence-electron chi connectivity index (χ2n) is 6.10. The predicted molar refractivity (Wildman–Crippen MR) is 95.1 cm³/mol. The molecule has 120 valence electrons. The summed E-state index contributed by atoms with van der Waals surface area (Å²) in [6, 6.07) is 14.0. The van der Waals surface area contributed by atoms with Crippen LogP contribution >= 0.6 is 11.6 Å². The van der Waals surface area contributed by atoms with Gasteiger partial charge >= 0.3 is 6.03 Å². The summed E-state index contributed by atoms with van der Waals surface area (Å²) in [5.74, 6) is 0. The molecule has 0 bridgehead atoms. The topological polar surface area (TPSA) is 32.3 Å². The lowest BCUT2D eigenvalue weighted by atomic mass is 9.99. The molecule has 0 radical (unpaired) electrons. The van der Waals surface area contributed by atoms with Crippen molar-refractivity contribution in [3.05, 3.63) is 64.2 Å². The minimum atomic E-state index is -0.0596. The molecule has 1 aliphatic heterocycles. The molecular weight excluding hydrogens is 308 g/mol. The van der Waals surface area contributed by atoms with Crippen molar-refractivity contribution in [2.24, 2.45) is 0 Å². The van der Waals surface area contributed by atoms with E-state index >= 15 is 0 Å². The number of aryl methyl sites for hydroxylation is 2. The Labute approximate surface area is 142 Å². The van der Waals surface area contributed by atoms with Gasteiger partial charge in [0.1, 0.15) is 0 Å². The Bertz CT molecular complexity index is 729. The molecule has 2 amide bonds. The summed E-state index contributed by atoms with van der Waals surface area (Å²) in [6.07, 6.45) is 2.04. The molecule has 2 aromatic rings. The third-order valence-electron chi connectivity index (χ3n) is 4.48. The Morgan fingerprint density at radius 2 is 1.96 bits per heavy atom. The van der Waals surface area contributed by atoms with Crippen LogP contribution in [0, 0.1) is 13.8 Å². The first kappa shape index (κ1) is 15.9.